The molecule has 2 rings (SSSR count). The number of benzene rings is 1. The van der Waals surface area contributed by atoms with Crippen LogP contribution in [-0.2, 0) is 6.54 Å². The molecule has 2 atom stereocenters. The molecule has 18 heavy (non-hydrogen) atoms. The Morgan fingerprint density at radius 2 is 1.83 bits per heavy atom. The number of hydrogen-bond acceptors (Lipinski definition) is 2. The molecule has 1 fully saturated rings. The first kappa shape index (κ1) is 13.4. The Hall–Kier alpha value is -1.07. The molecule has 1 aliphatic heterocycles. The lowest BCUT2D eigenvalue weighted by atomic mass is 9.96. The average Bonchev–Trinajstić information content (AvgIpc) is 2.73. The van der Waals surface area contributed by atoms with Gasteiger partial charge >= 0.3 is 6.18 Å². The van der Waals surface area contributed by atoms with Gasteiger partial charge in [-0.25, -0.2) is 0 Å². The van der Waals surface area contributed by atoms with Gasteiger partial charge in [0.15, 0.2) is 0 Å². The number of nitrogens with two attached hydrogens (primary N) is 1. The molecule has 1 saturated heterocycles. The molecule has 1 heterocycles. The Morgan fingerprint density at radius 1 is 1.17 bits per heavy atom. The minimum atomic E-state index is -4.14. The summed E-state index contributed by atoms with van der Waals surface area (Å²) in [6.07, 6.45) is -4.14. The molecule has 0 saturated carbocycles. The highest BCUT2D eigenvalue weighted by molar-refractivity contribution is 5.14. The van der Waals surface area contributed by atoms with Crippen LogP contribution in [0.25, 0.3) is 0 Å². The number of halogens is 3. The summed E-state index contributed by atoms with van der Waals surface area (Å²) in [5.41, 5.74) is 6.49. The summed E-state index contributed by atoms with van der Waals surface area (Å²) in [4.78, 5) is 1.84. The molecule has 0 bridgehead atoms. The molecule has 0 amide bonds. The zero-order valence-corrected chi connectivity index (χ0v) is 10.0. The molecule has 1 aliphatic rings. The van der Waals surface area contributed by atoms with Crippen LogP contribution in [0.1, 0.15) is 5.56 Å². The predicted octanol–water partition coefficient (Wildman–Crippen LogP) is 2.26. The lowest BCUT2D eigenvalue weighted by molar-refractivity contribution is -0.179. The normalized spacial score (nSPS) is 25.6. The summed E-state index contributed by atoms with van der Waals surface area (Å²) in [5.74, 6) is -1.76. The number of alkyl halides is 3. The first-order valence-corrected chi connectivity index (χ1v) is 6.03. The van der Waals surface area contributed by atoms with Crippen LogP contribution in [0.3, 0.4) is 0 Å². The van der Waals surface area contributed by atoms with Crippen molar-refractivity contribution < 1.29 is 13.2 Å². The van der Waals surface area contributed by atoms with E-state index < -0.39 is 18.0 Å². The molecule has 100 valence electrons. The molecule has 1 aromatic rings. The number of likely N-dealkylation sites (tertiary alicyclic amines) is 1. The number of rotatable bonds is 3. The minimum absolute atomic E-state index is 0.0558. The summed E-state index contributed by atoms with van der Waals surface area (Å²) in [7, 11) is 0. The summed E-state index contributed by atoms with van der Waals surface area (Å²) >= 11 is 0. The zero-order chi connectivity index (χ0) is 13.2. The maximum atomic E-state index is 12.8. The summed E-state index contributed by atoms with van der Waals surface area (Å²) < 4.78 is 38.5. The first-order valence-electron chi connectivity index (χ1n) is 6.03. The highest BCUT2D eigenvalue weighted by Gasteiger charge is 2.48. The van der Waals surface area contributed by atoms with Crippen molar-refractivity contribution in [2.45, 2.75) is 12.7 Å². The third-order valence-corrected chi connectivity index (χ3v) is 3.49. The van der Waals surface area contributed by atoms with Crippen LogP contribution < -0.4 is 5.73 Å². The van der Waals surface area contributed by atoms with E-state index in [1.807, 2.05) is 35.2 Å². The lowest BCUT2D eigenvalue weighted by Crippen LogP contribution is -2.33. The molecule has 0 spiro atoms. The van der Waals surface area contributed by atoms with Crippen LogP contribution in [0.4, 0.5) is 13.2 Å². The van der Waals surface area contributed by atoms with Gasteiger partial charge in [0, 0.05) is 19.6 Å². The molecular formula is C13H17F3N2. The standard InChI is InChI=1S/C13H17F3N2/c14-13(15,16)12-9-18(8-11(12)6-17)7-10-4-2-1-3-5-10/h1-5,11-12H,6-9,17H2/t11-,12-/m0/s1. The number of hydrogen-bond donors (Lipinski definition) is 1. The van der Waals surface area contributed by atoms with Crippen LogP contribution in [-0.4, -0.2) is 30.7 Å². The number of nitrogens with zero attached hydrogens (tertiary/aromatic N) is 1. The Morgan fingerprint density at radius 3 is 2.33 bits per heavy atom. The predicted molar refractivity (Wildman–Crippen MR) is 63.8 cm³/mol. The van der Waals surface area contributed by atoms with Gasteiger partial charge in [0.2, 0.25) is 0 Å². The van der Waals surface area contributed by atoms with Gasteiger partial charge in [-0.1, -0.05) is 30.3 Å². The molecule has 1 aromatic carbocycles. The molecule has 0 aromatic heterocycles. The Labute approximate surface area is 105 Å². The van der Waals surface area contributed by atoms with Gasteiger partial charge in [-0.05, 0) is 18.0 Å². The van der Waals surface area contributed by atoms with Gasteiger partial charge in [-0.15, -0.1) is 0 Å². The molecular weight excluding hydrogens is 241 g/mol. The van der Waals surface area contributed by atoms with Crippen LogP contribution in [0.2, 0.25) is 0 Å². The highest BCUT2D eigenvalue weighted by Crippen LogP contribution is 2.37. The lowest BCUT2D eigenvalue weighted by Gasteiger charge is -2.19. The summed E-state index contributed by atoms with van der Waals surface area (Å²) in [6, 6.07) is 9.55. The van der Waals surface area contributed by atoms with E-state index in [-0.39, 0.29) is 13.1 Å². The quantitative estimate of drug-likeness (QED) is 0.901. The van der Waals surface area contributed by atoms with Crippen LogP contribution in [0.15, 0.2) is 30.3 Å². The molecule has 2 N–H and O–H groups in total. The van der Waals surface area contributed by atoms with Crippen molar-refractivity contribution in [2.75, 3.05) is 19.6 Å². The van der Waals surface area contributed by atoms with Crippen molar-refractivity contribution >= 4 is 0 Å². The smallest absolute Gasteiger partial charge is 0.330 e. The van der Waals surface area contributed by atoms with E-state index in [1.165, 1.54) is 0 Å². The minimum Gasteiger partial charge on any atom is -0.330 e. The van der Waals surface area contributed by atoms with Crippen molar-refractivity contribution in [3.8, 4) is 0 Å². The zero-order valence-electron chi connectivity index (χ0n) is 10.0. The topological polar surface area (TPSA) is 29.3 Å². The van der Waals surface area contributed by atoms with E-state index in [9.17, 15) is 13.2 Å². The molecule has 5 heteroatoms. The first-order chi connectivity index (χ1) is 8.50. The van der Waals surface area contributed by atoms with E-state index >= 15 is 0 Å². The van der Waals surface area contributed by atoms with Crippen molar-refractivity contribution in [1.29, 1.82) is 0 Å². The maximum Gasteiger partial charge on any atom is 0.393 e. The second-order valence-electron chi connectivity index (χ2n) is 4.82. The third-order valence-electron chi connectivity index (χ3n) is 3.49. The summed E-state index contributed by atoms with van der Waals surface area (Å²) in [6.45, 7) is 1.13. The van der Waals surface area contributed by atoms with E-state index in [1.54, 1.807) is 0 Å². The van der Waals surface area contributed by atoms with Gasteiger partial charge in [0.1, 0.15) is 0 Å². The van der Waals surface area contributed by atoms with E-state index in [2.05, 4.69) is 0 Å². The second-order valence-corrected chi connectivity index (χ2v) is 4.82. The Bertz CT molecular complexity index is 378. The summed E-state index contributed by atoms with van der Waals surface area (Å²) in [5, 5.41) is 0. The van der Waals surface area contributed by atoms with Gasteiger partial charge in [0.05, 0.1) is 5.92 Å². The highest BCUT2D eigenvalue weighted by atomic mass is 19.4. The fourth-order valence-corrected chi connectivity index (χ4v) is 2.54. The van der Waals surface area contributed by atoms with Gasteiger partial charge in [-0.3, -0.25) is 4.90 Å². The van der Waals surface area contributed by atoms with Crippen molar-refractivity contribution in [3.05, 3.63) is 35.9 Å². The Kier molecular flexibility index (Phi) is 3.92. The third kappa shape index (κ3) is 3.03. The average molecular weight is 258 g/mol. The van der Waals surface area contributed by atoms with Crippen molar-refractivity contribution in [2.24, 2.45) is 17.6 Å². The second kappa shape index (κ2) is 5.28. The van der Waals surface area contributed by atoms with Gasteiger partial charge in [0.25, 0.3) is 0 Å². The molecule has 0 radical (unpaired) electrons. The molecule has 2 nitrogen and oxygen atoms in total. The fraction of sp³-hybridized carbons (Fsp3) is 0.538. The Balaban J connectivity index is 2.01. The maximum absolute atomic E-state index is 12.8. The van der Waals surface area contributed by atoms with Gasteiger partial charge in [-0.2, -0.15) is 13.2 Å². The monoisotopic (exact) mass is 258 g/mol. The van der Waals surface area contributed by atoms with Crippen LogP contribution in [0.5, 0.6) is 0 Å². The fourth-order valence-electron chi connectivity index (χ4n) is 2.54. The SMILES string of the molecule is NC[C@H]1CN(Cc2ccccc2)C[C@@H]1C(F)(F)F. The van der Waals surface area contributed by atoms with E-state index in [0.29, 0.717) is 13.1 Å². The van der Waals surface area contributed by atoms with Crippen molar-refractivity contribution in [3.63, 3.8) is 0 Å². The van der Waals surface area contributed by atoms with Gasteiger partial charge < -0.3 is 5.73 Å². The largest absolute Gasteiger partial charge is 0.393 e. The van der Waals surface area contributed by atoms with E-state index in [4.69, 9.17) is 5.73 Å². The van der Waals surface area contributed by atoms with Crippen molar-refractivity contribution in [1.82, 2.24) is 4.90 Å². The van der Waals surface area contributed by atoms with Crippen LogP contribution in [0, 0.1) is 11.8 Å². The molecule has 0 aliphatic carbocycles. The van der Waals surface area contributed by atoms with E-state index in [0.717, 1.165) is 5.56 Å². The molecule has 0 unspecified atom stereocenters. The van der Waals surface area contributed by atoms with Crippen LogP contribution >= 0.6 is 0 Å².